The molecule has 3 N–H and O–H groups in total. The second kappa shape index (κ2) is 16.4. The fourth-order valence-corrected chi connectivity index (χ4v) is 9.34. The minimum absolute atomic E-state index is 0.188. The van der Waals surface area contributed by atoms with Crippen LogP contribution in [0.5, 0.6) is 0 Å². The number of aromatic nitrogens is 4. The number of aliphatic hydroxyl groups is 2. The van der Waals surface area contributed by atoms with Crippen LogP contribution in [0, 0.1) is 0 Å². The lowest BCUT2D eigenvalue weighted by atomic mass is 9.76. The number of anilines is 1. The fourth-order valence-electron chi connectivity index (χ4n) is 9.34. The van der Waals surface area contributed by atoms with Gasteiger partial charge in [-0.1, -0.05) is 97.1 Å². The van der Waals surface area contributed by atoms with E-state index in [2.05, 4.69) is 15.3 Å². The van der Waals surface area contributed by atoms with Gasteiger partial charge in [-0.3, -0.25) is 4.57 Å². The first-order chi connectivity index (χ1) is 31.8. The molecule has 0 amide bonds. The van der Waals surface area contributed by atoms with Gasteiger partial charge in [0.05, 0.1) is 41.8 Å². The highest BCUT2D eigenvalue weighted by Gasteiger charge is 2.51. The lowest BCUT2D eigenvalue weighted by Crippen LogP contribution is -2.50. The summed E-state index contributed by atoms with van der Waals surface area (Å²) in [6, 6.07) is 40.5. The normalized spacial score (nSPS) is 21.7. The molecule has 1 saturated heterocycles. The average Bonchev–Trinajstić information content (AvgIpc) is 3.96. The molecule has 0 radical (unpaired) electrons. The standard InChI is InChI=1S/C51H39N5O9/c57-25-37-36(58)24-38(62-37)56-27-54-43-47(52-26-53-48(43)56)55-42-41-34-22-21-29-18-10-17-28-19-20-33(40(34)39(28)29)23-35(41)44(63-49(59)30-11-4-1-5-12-30)46(65-51(61)32-15-8-3-9-16-32)45(42)64-50(60)31-13-6-2-7-14-31/h1-23,26-27,36-38,42,44-46,57-58H,24-25H2,(H,52,53,55)/t36-,37+,38+,42+,44-,45-,46+/m0/s1. The zero-order chi connectivity index (χ0) is 44.2. The topological polar surface area (TPSA) is 184 Å². The van der Waals surface area contributed by atoms with Gasteiger partial charge in [-0.2, -0.15) is 0 Å². The first kappa shape index (κ1) is 40.0. The molecule has 0 spiro atoms. The maximum absolute atomic E-state index is 14.5. The number of hydrogen-bond acceptors (Lipinski definition) is 13. The summed E-state index contributed by atoms with van der Waals surface area (Å²) in [5.74, 6) is -1.90. The van der Waals surface area contributed by atoms with Gasteiger partial charge in [-0.05, 0) is 80.3 Å². The van der Waals surface area contributed by atoms with Crippen LogP contribution in [0.3, 0.4) is 0 Å². The van der Waals surface area contributed by atoms with Crippen molar-refractivity contribution >= 4 is 67.2 Å². The molecule has 1 aliphatic carbocycles. The number of rotatable bonds is 10. The van der Waals surface area contributed by atoms with E-state index in [-0.39, 0.29) is 35.5 Å². The van der Waals surface area contributed by atoms with Crippen LogP contribution in [0.4, 0.5) is 5.82 Å². The van der Waals surface area contributed by atoms with Crippen molar-refractivity contribution in [3.05, 3.63) is 180 Å². The largest absolute Gasteiger partial charge is 0.452 e. The molecule has 3 heterocycles. The van der Waals surface area contributed by atoms with E-state index in [4.69, 9.17) is 23.9 Å². The zero-order valence-electron chi connectivity index (χ0n) is 34.4. The third kappa shape index (κ3) is 7.04. The highest BCUT2D eigenvalue weighted by Crippen LogP contribution is 2.50. The van der Waals surface area contributed by atoms with Crippen molar-refractivity contribution in [3.8, 4) is 0 Å². The van der Waals surface area contributed by atoms with E-state index in [1.807, 2.05) is 48.5 Å². The van der Waals surface area contributed by atoms with Crippen LogP contribution in [-0.2, 0) is 18.9 Å². The minimum Gasteiger partial charge on any atom is -0.452 e. The van der Waals surface area contributed by atoms with Crippen molar-refractivity contribution < 1.29 is 43.5 Å². The summed E-state index contributed by atoms with van der Waals surface area (Å²) in [5, 5.41) is 29.6. The van der Waals surface area contributed by atoms with Gasteiger partial charge in [0.1, 0.15) is 18.7 Å². The van der Waals surface area contributed by atoms with Gasteiger partial charge in [0.2, 0.25) is 0 Å². The van der Waals surface area contributed by atoms with Crippen molar-refractivity contribution in [2.45, 2.75) is 49.2 Å². The van der Waals surface area contributed by atoms with Crippen molar-refractivity contribution in [2.24, 2.45) is 0 Å². The predicted octanol–water partition coefficient (Wildman–Crippen LogP) is 7.88. The summed E-state index contributed by atoms with van der Waals surface area (Å²) in [4.78, 5) is 57.0. The summed E-state index contributed by atoms with van der Waals surface area (Å²) in [7, 11) is 0. The Balaban J connectivity index is 1.15. The van der Waals surface area contributed by atoms with E-state index in [9.17, 15) is 24.6 Å². The Morgan fingerprint density at radius 1 is 0.677 bits per heavy atom. The second-order valence-corrected chi connectivity index (χ2v) is 16.2. The van der Waals surface area contributed by atoms with Crippen molar-refractivity contribution in [3.63, 3.8) is 0 Å². The molecule has 2 aliphatic rings. The quantitative estimate of drug-likeness (QED) is 0.0686. The molecule has 14 heteroatoms. The summed E-state index contributed by atoms with van der Waals surface area (Å²) in [5.41, 5.74) is 2.53. The average molecular weight is 866 g/mol. The number of aliphatic hydroxyl groups excluding tert-OH is 2. The van der Waals surface area contributed by atoms with Gasteiger partial charge in [0.25, 0.3) is 0 Å². The third-order valence-corrected chi connectivity index (χ3v) is 12.4. The van der Waals surface area contributed by atoms with E-state index in [1.54, 1.807) is 95.6 Å². The van der Waals surface area contributed by atoms with Crippen LogP contribution < -0.4 is 5.32 Å². The number of benzene rings is 7. The van der Waals surface area contributed by atoms with Gasteiger partial charge >= 0.3 is 17.9 Å². The van der Waals surface area contributed by atoms with Crippen LogP contribution in [0.15, 0.2) is 152 Å². The molecule has 1 aliphatic heterocycles. The Bertz CT molecular complexity index is 3220. The molecular formula is C51H39N5O9. The lowest BCUT2D eigenvalue weighted by molar-refractivity contribution is -0.101. The van der Waals surface area contributed by atoms with Gasteiger partial charge < -0.3 is 34.5 Å². The molecule has 0 bridgehead atoms. The second-order valence-electron chi connectivity index (χ2n) is 16.2. The van der Waals surface area contributed by atoms with Gasteiger partial charge in [0.15, 0.2) is 35.3 Å². The molecule has 7 aromatic carbocycles. The molecule has 0 saturated carbocycles. The number of hydrogen-bond donors (Lipinski definition) is 3. The maximum atomic E-state index is 14.5. The fraction of sp³-hybridized carbons (Fsp3) is 0.176. The Hall–Kier alpha value is -7.78. The van der Waals surface area contributed by atoms with Gasteiger partial charge in [0, 0.05) is 12.0 Å². The summed E-state index contributed by atoms with van der Waals surface area (Å²) >= 11 is 0. The highest BCUT2D eigenvalue weighted by molar-refractivity contribution is 6.24. The Kier molecular flexibility index (Phi) is 10.1. The maximum Gasteiger partial charge on any atom is 0.338 e. The van der Waals surface area contributed by atoms with Crippen LogP contribution in [-0.4, -0.2) is 78.7 Å². The third-order valence-electron chi connectivity index (χ3n) is 12.4. The molecule has 322 valence electrons. The molecule has 9 aromatic rings. The number of carbonyl (C=O) groups is 3. The minimum atomic E-state index is -1.44. The Morgan fingerprint density at radius 3 is 1.91 bits per heavy atom. The highest BCUT2D eigenvalue weighted by atomic mass is 16.6. The molecule has 7 atom stereocenters. The molecule has 14 nitrogen and oxygen atoms in total. The van der Waals surface area contributed by atoms with Gasteiger partial charge in [-0.15, -0.1) is 0 Å². The van der Waals surface area contributed by atoms with Crippen LogP contribution in [0.2, 0.25) is 0 Å². The molecule has 65 heavy (non-hydrogen) atoms. The predicted molar refractivity (Wildman–Crippen MR) is 239 cm³/mol. The van der Waals surface area contributed by atoms with E-state index >= 15 is 0 Å². The van der Waals surface area contributed by atoms with E-state index in [1.165, 1.54) is 12.7 Å². The number of esters is 3. The summed E-state index contributed by atoms with van der Waals surface area (Å²) in [6.07, 6.45) is -3.45. The smallest absolute Gasteiger partial charge is 0.338 e. The van der Waals surface area contributed by atoms with E-state index in [0.717, 1.165) is 32.3 Å². The number of nitrogens with one attached hydrogen (secondary N) is 1. The Labute approximate surface area is 370 Å². The van der Waals surface area contributed by atoms with E-state index in [0.29, 0.717) is 22.3 Å². The molecule has 2 aromatic heterocycles. The van der Waals surface area contributed by atoms with Crippen molar-refractivity contribution in [2.75, 3.05) is 11.9 Å². The summed E-state index contributed by atoms with van der Waals surface area (Å²) in [6.45, 7) is -0.365. The first-order valence-corrected chi connectivity index (χ1v) is 21.2. The van der Waals surface area contributed by atoms with Crippen LogP contribution in [0.25, 0.3) is 43.5 Å². The summed E-state index contributed by atoms with van der Waals surface area (Å²) < 4.78 is 27.3. The van der Waals surface area contributed by atoms with Crippen molar-refractivity contribution in [1.29, 1.82) is 0 Å². The number of ether oxygens (including phenoxy) is 4. The van der Waals surface area contributed by atoms with Crippen molar-refractivity contribution in [1.82, 2.24) is 19.5 Å². The Morgan fingerprint density at radius 2 is 1.28 bits per heavy atom. The number of fused-ring (bicyclic) bond motifs is 3. The number of carbonyl (C=O) groups excluding carboxylic acids is 3. The van der Waals surface area contributed by atoms with Crippen LogP contribution in [0.1, 0.15) is 67.0 Å². The number of imidazole rings is 1. The van der Waals surface area contributed by atoms with E-state index < -0.39 is 60.7 Å². The van der Waals surface area contributed by atoms with Gasteiger partial charge in [-0.25, -0.2) is 29.3 Å². The lowest BCUT2D eigenvalue weighted by Gasteiger charge is -2.43. The monoisotopic (exact) mass is 865 g/mol. The SMILES string of the molecule is O=C(O[C@@H]1[C@H](OC(=O)c2ccccc2)[C@@H](OC(=O)c2ccccc2)c2cc3ccc4cccc5ccc(c2[C@H]1Nc1ncnc2c1ncn2[C@H]1C[C@H](O)[C@@H](CO)O1)c3c45)c1ccccc1. The zero-order valence-corrected chi connectivity index (χ0v) is 34.4. The number of nitrogens with zero attached hydrogens (tertiary/aromatic N) is 4. The molecule has 0 unspecified atom stereocenters. The molecule has 11 rings (SSSR count). The first-order valence-electron chi connectivity index (χ1n) is 21.2. The molecule has 1 fully saturated rings. The van der Waals surface area contributed by atoms with Crippen LogP contribution >= 0.6 is 0 Å². The molecular weight excluding hydrogens is 827 g/mol.